The number of amides is 2. The quantitative estimate of drug-likeness (QED) is 0.162. The Kier molecular flexibility index (Phi) is 6.89. The molecule has 0 bridgehead atoms. The lowest BCUT2D eigenvalue weighted by atomic mass is 9.72. The number of nitrogens with zero attached hydrogens (tertiary/aromatic N) is 3. The van der Waals surface area contributed by atoms with E-state index in [0.29, 0.717) is 18.0 Å². The standard InChI is InChI=1S/C31H31N3O7S/c1-31(2,3)17-14-15-20-22(16-17)42-29(23(20)30(37)40-4)32-27(35)24-25(19-12-8-9-13-21(19)34(38)39)33(41-26(24)28(32)36)18-10-6-5-7-11-18/h5-13,17,24-26H,14-16H2,1-4H3. The summed E-state index contributed by atoms with van der Waals surface area (Å²) in [7, 11) is 1.28. The number of hydroxylamine groups is 1. The number of nitro groups is 1. The van der Waals surface area contributed by atoms with Crippen molar-refractivity contribution >= 4 is 45.5 Å². The van der Waals surface area contributed by atoms with Gasteiger partial charge in [-0.15, -0.1) is 11.3 Å². The Morgan fingerprint density at radius 2 is 1.76 bits per heavy atom. The van der Waals surface area contributed by atoms with E-state index < -0.39 is 40.8 Å². The number of fused-ring (bicyclic) bond motifs is 2. The largest absolute Gasteiger partial charge is 0.465 e. The zero-order chi connectivity index (χ0) is 29.9. The molecular weight excluding hydrogens is 558 g/mol. The summed E-state index contributed by atoms with van der Waals surface area (Å²) in [6.07, 6.45) is 1.01. The van der Waals surface area contributed by atoms with E-state index in [1.165, 1.54) is 29.6 Å². The molecule has 6 rings (SSSR count). The van der Waals surface area contributed by atoms with Gasteiger partial charge in [0, 0.05) is 10.9 Å². The molecule has 2 aliphatic heterocycles. The summed E-state index contributed by atoms with van der Waals surface area (Å²) >= 11 is 1.28. The van der Waals surface area contributed by atoms with Crippen molar-refractivity contribution in [3.8, 4) is 0 Å². The predicted octanol–water partition coefficient (Wildman–Crippen LogP) is 5.65. The number of hydrogen-bond donors (Lipinski definition) is 0. The van der Waals surface area contributed by atoms with Gasteiger partial charge in [0.2, 0.25) is 5.91 Å². The van der Waals surface area contributed by atoms with Crippen LogP contribution in [-0.2, 0) is 32.0 Å². The third kappa shape index (κ3) is 4.38. The molecular formula is C31H31N3O7S. The number of hydrogen-bond acceptors (Lipinski definition) is 9. The average Bonchev–Trinajstić information content (AvgIpc) is 3.62. The van der Waals surface area contributed by atoms with E-state index >= 15 is 0 Å². The molecule has 218 valence electrons. The minimum absolute atomic E-state index is 0.0515. The highest BCUT2D eigenvalue weighted by atomic mass is 32.1. The van der Waals surface area contributed by atoms with Crippen molar-refractivity contribution in [1.29, 1.82) is 0 Å². The first-order chi connectivity index (χ1) is 20.0. The van der Waals surface area contributed by atoms with E-state index in [4.69, 9.17) is 9.57 Å². The van der Waals surface area contributed by atoms with E-state index in [2.05, 4.69) is 20.8 Å². The van der Waals surface area contributed by atoms with Crippen LogP contribution in [0.3, 0.4) is 0 Å². The molecule has 1 aromatic heterocycles. The number of esters is 1. The van der Waals surface area contributed by atoms with Crippen molar-refractivity contribution in [1.82, 2.24) is 0 Å². The number of rotatable bonds is 5. The van der Waals surface area contributed by atoms with Crippen LogP contribution >= 0.6 is 11.3 Å². The maximum atomic E-state index is 14.3. The summed E-state index contributed by atoms with van der Waals surface area (Å²) in [5, 5.41) is 13.7. The fourth-order valence-corrected chi connectivity index (χ4v) is 7.84. The number of ether oxygens (including phenoxy) is 1. The number of para-hydroxylation sites is 2. The maximum Gasteiger partial charge on any atom is 0.341 e. The highest BCUT2D eigenvalue weighted by Crippen LogP contribution is 2.52. The molecule has 10 nitrogen and oxygen atoms in total. The molecule has 2 saturated heterocycles. The number of carbonyl (C=O) groups is 3. The molecule has 3 aromatic rings. The van der Waals surface area contributed by atoms with Crippen LogP contribution in [0.4, 0.5) is 16.4 Å². The van der Waals surface area contributed by atoms with E-state index in [1.807, 2.05) is 6.07 Å². The molecule has 11 heteroatoms. The summed E-state index contributed by atoms with van der Waals surface area (Å²) < 4.78 is 5.13. The lowest BCUT2D eigenvalue weighted by Crippen LogP contribution is -2.37. The Labute approximate surface area is 246 Å². The Morgan fingerprint density at radius 3 is 2.43 bits per heavy atom. The monoisotopic (exact) mass is 589 g/mol. The molecule has 3 aliphatic rings. The molecule has 1 aliphatic carbocycles. The number of thiophene rings is 1. The number of carbonyl (C=O) groups excluding carboxylic acids is 3. The first kappa shape index (κ1) is 28.0. The van der Waals surface area contributed by atoms with Gasteiger partial charge in [-0.05, 0) is 54.4 Å². The second-order valence-electron chi connectivity index (χ2n) is 12.0. The molecule has 2 amide bonds. The van der Waals surface area contributed by atoms with Crippen LogP contribution in [-0.4, -0.2) is 35.9 Å². The normalized spacial score (nSPS) is 23.6. The molecule has 4 unspecified atom stereocenters. The molecule has 0 saturated carbocycles. The number of anilines is 2. The van der Waals surface area contributed by atoms with Gasteiger partial charge in [0.25, 0.3) is 11.6 Å². The van der Waals surface area contributed by atoms with Gasteiger partial charge in [-0.25, -0.2) is 14.8 Å². The van der Waals surface area contributed by atoms with Crippen LogP contribution in [0.1, 0.15) is 59.6 Å². The van der Waals surface area contributed by atoms with E-state index in [1.54, 1.807) is 42.5 Å². The van der Waals surface area contributed by atoms with Crippen LogP contribution in [0, 0.1) is 27.4 Å². The highest BCUT2D eigenvalue weighted by Gasteiger charge is 2.62. The lowest BCUT2D eigenvalue weighted by Gasteiger charge is -2.33. The number of methoxy groups -OCH3 is 1. The van der Waals surface area contributed by atoms with Crippen molar-refractivity contribution < 1.29 is 28.9 Å². The Balaban J connectivity index is 1.46. The van der Waals surface area contributed by atoms with Crippen LogP contribution < -0.4 is 9.96 Å². The summed E-state index contributed by atoms with van der Waals surface area (Å²) in [4.78, 5) is 61.2. The SMILES string of the molecule is COC(=O)c1c(N2C(=O)C3ON(c4ccccc4)C(c4ccccc4[N+](=O)[O-])C3C2=O)sc2c1CCC(C(C)(C)C)C2. The molecule has 42 heavy (non-hydrogen) atoms. The third-order valence-electron chi connectivity index (χ3n) is 8.64. The summed E-state index contributed by atoms with van der Waals surface area (Å²) in [6.45, 7) is 6.56. The van der Waals surface area contributed by atoms with E-state index in [9.17, 15) is 24.5 Å². The lowest BCUT2D eigenvalue weighted by molar-refractivity contribution is -0.385. The van der Waals surface area contributed by atoms with Crippen molar-refractivity contribution in [3.05, 3.63) is 86.3 Å². The topological polar surface area (TPSA) is 119 Å². The number of imide groups is 1. The van der Waals surface area contributed by atoms with Gasteiger partial charge in [0.15, 0.2) is 6.10 Å². The molecule has 4 atom stereocenters. The molecule has 2 aromatic carbocycles. The summed E-state index contributed by atoms with van der Waals surface area (Å²) in [5.74, 6) is -2.48. The van der Waals surface area contributed by atoms with Crippen molar-refractivity contribution in [2.45, 2.75) is 52.2 Å². The molecule has 3 heterocycles. The zero-order valence-electron chi connectivity index (χ0n) is 23.7. The van der Waals surface area contributed by atoms with Crippen LogP contribution in [0.2, 0.25) is 0 Å². The van der Waals surface area contributed by atoms with Crippen LogP contribution in [0.15, 0.2) is 54.6 Å². The van der Waals surface area contributed by atoms with Gasteiger partial charge in [-0.3, -0.25) is 24.5 Å². The maximum absolute atomic E-state index is 14.3. The second kappa shape index (κ2) is 10.3. The van der Waals surface area contributed by atoms with Crippen LogP contribution in [0.25, 0.3) is 0 Å². The van der Waals surface area contributed by atoms with Crippen LogP contribution in [0.5, 0.6) is 0 Å². The Morgan fingerprint density at radius 1 is 1.07 bits per heavy atom. The van der Waals surface area contributed by atoms with E-state index in [-0.39, 0.29) is 27.2 Å². The minimum Gasteiger partial charge on any atom is -0.465 e. The number of benzene rings is 2. The summed E-state index contributed by atoms with van der Waals surface area (Å²) in [5.41, 5.74) is 1.75. The van der Waals surface area contributed by atoms with Crippen molar-refractivity contribution in [2.24, 2.45) is 17.3 Å². The average molecular weight is 590 g/mol. The molecule has 0 radical (unpaired) electrons. The van der Waals surface area contributed by atoms with Gasteiger partial charge in [0.05, 0.1) is 28.8 Å². The van der Waals surface area contributed by atoms with Gasteiger partial charge < -0.3 is 4.74 Å². The molecule has 0 spiro atoms. The number of nitro benzene ring substituents is 1. The smallest absolute Gasteiger partial charge is 0.341 e. The minimum atomic E-state index is -1.23. The van der Waals surface area contributed by atoms with Gasteiger partial charge in [-0.1, -0.05) is 51.1 Å². The fourth-order valence-electron chi connectivity index (χ4n) is 6.41. The zero-order valence-corrected chi connectivity index (χ0v) is 24.6. The van der Waals surface area contributed by atoms with Gasteiger partial charge in [-0.2, -0.15) is 0 Å². The van der Waals surface area contributed by atoms with Gasteiger partial charge >= 0.3 is 5.97 Å². The van der Waals surface area contributed by atoms with Gasteiger partial charge in [0.1, 0.15) is 17.0 Å². The van der Waals surface area contributed by atoms with Crippen molar-refractivity contribution in [2.75, 3.05) is 17.1 Å². The summed E-state index contributed by atoms with van der Waals surface area (Å²) in [6, 6.07) is 14.1. The highest BCUT2D eigenvalue weighted by molar-refractivity contribution is 7.17. The molecule has 0 N–H and O–H groups in total. The first-order valence-corrected chi connectivity index (χ1v) is 14.7. The first-order valence-electron chi connectivity index (χ1n) is 13.9. The fraction of sp³-hybridized carbons (Fsp3) is 0.387. The Hall–Kier alpha value is -4.09. The Bertz CT molecular complexity index is 1600. The third-order valence-corrected chi connectivity index (χ3v) is 9.88. The molecule has 2 fully saturated rings. The predicted molar refractivity (Wildman–Crippen MR) is 156 cm³/mol. The second-order valence-corrected chi connectivity index (χ2v) is 13.1. The van der Waals surface area contributed by atoms with E-state index in [0.717, 1.165) is 28.2 Å². The van der Waals surface area contributed by atoms with Crippen molar-refractivity contribution in [3.63, 3.8) is 0 Å².